The van der Waals surface area contributed by atoms with E-state index in [0.29, 0.717) is 62.0 Å². The predicted molar refractivity (Wildman–Crippen MR) is 136 cm³/mol. The highest BCUT2D eigenvalue weighted by atomic mass is 35.5. The van der Waals surface area contributed by atoms with E-state index in [1.807, 2.05) is 66.4 Å². The van der Waals surface area contributed by atoms with Gasteiger partial charge < -0.3 is 14.5 Å². The molecule has 184 valence electrons. The molecule has 0 radical (unpaired) electrons. The average molecular weight is 495 g/mol. The van der Waals surface area contributed by atoms with Crippen molar-refractivity contribution in [1.29, 1.82) is 0 Å². The van der Waals surface area contributed by atoms with Crippen LogP contribution in [0.5, 0.6) is 5.75 Å². The summed E-state index contributed by atoms with van der Waals surface area (Å²) in [5, 5.41) is 4.87. The van der Waals surface area contributed by atoms with E-state index in [1.54, 1.807) is 16.7 Å². The molecule has 0 N–H and O–H groups in total. The van der Waals surface area contributed by atoms with Gasteiger partial charge in [0.25, 0.3) is 5.91 Å². The van der Waals surface area contributed by atoms with E-state index in [-0.39, 0.29) is 11.8 Å². The molecule has 7 nitrogen and oxygen atoms in total. The Morgan fingerprint density at radius 1 is 0.943 bits per heavy atom. The van der Waals surface area contributed by atoms with Gasteiger partial charge in [-0.05, 0) is 43.0 Å². The van der Waals surface area contributed by atoms with Crippen LogP contribution >= 0.6 is 11.6 Å². The Morgan fingerprint density at radius 2 is 1.63 bits per heavy atom. The van der Waals surface area contributed by atoms with E-state index >= 15 is 0 Å². The number of hydrogen-bond acceptors (Lipinski definition) is 4. The van der Waals surface area contributed by atoms with Crippen molar-refractivity contribution >= 4 is 23.4 Å². The number of aryl methyl sites for hydroxylation is 2. The molecule has 1 aliphatic heterocycles. The number of nitrogens with zero attached hydrogens (tertiary/aromatic N) is 4. The zero-order valence-electron chi connectivity index (χ0n) is 20.2. The van der Waals surface area contributed by atoms with Gasteiger partial charge in [-0.3, -0.25) is 9.59 Å². The van der Waals surface area contributed by atoms with E-state index in [9.17, 15) is 9.59 Å². The van der Waals surface area contributed by atoms with E-state index < -0.39 is 0 Å². The highest BCUT2D eigenvalue weighted by Crippen LogP contribution is 2.23. The van der Waals surface area contributed by atoms with Crippen LogP contribution in [0.1, 0.15) is 40.0 Å². The molecule has 2 amide bonds. The van der Waals surface area contributed by atoms with Crippen LogP contribution in [0.3, 0.4) is 0 Å². The van der Waals surface area contributed by atoms with Crippen LogP contribution in [0, 0.1) is 6.92 Å². The lowest BCUT2D eigenvalue weighted by Crippen LogP contribution is -2.37. The van der Waals surface area contributed by atoms with Gasteiger partial charge >= 0.3 is 0 Å². The Kier molecular flexibility index (Phi) is 8.08. The molecule has 0 atom stereocenters. The molecule has 4 rings (SSSR count). The van der Waals surface area contributed by atoms with Gasteiger partial charge in [0.2, 0.25) is 5.91 Å². The van der Waals surface area contributed by atoms with Gasteiger partial charge in [-0.2, -0.15) is 5.10 Å². The van der Waals surface area contributed by atoms with E-state index in [4.69, 9.17) is 16.3 Å². The third-order valence-electron chi connectivity index (χ3n) is 6.38. The fourth-order valence-corrected chi connectivity index (χ4v) is 4.70. The van der Waals surface area contributed by atoms with E-state index in [0.717, 1.165) is 23.3 Å². The fraction of sp³-hybridized carbons (Fsp3) is 0.370. The summed E-state index contributed by atoms with van der Waals surface area (Å²) >= 11 is 6.61. The summed E-state index contributed by atoms with van der Waals surface area (Å²) in [6.07, 6.45) is 1.85. The number of carbonyl (C=O) groups excluding carboxylic acids is 2. The van der Waals surface area contributed by atoms with Crippen molar-refractivity contribution in [2.45, 2.75) is 32.7 Å². The molecule has 8 heteroatoms. The lowest BCUT2D eigenvalue weighted by atomic mass is 10.1. The highest BCUT2D eigenvalue weighted by molar-refractivity contribution is 6.33. The van der Waals surface area contributed by atoms with Crippen molar-refractivity contribution in [3.63, 3.8) is 0 Å². The number of benzene rings is 2. The van der Waals surface area contributed by atoms with Gasteiger partial charge in [-0.25, -0.2) is 4.68 Å². The first-order valence-electron chi connectivity index (χ1n) is 11.9. The fourth-order valence-electron chi connectivity index (χ4n) is 4.39. The average Bonchev–Trinajstić information content (AvgIpc) is 3.04. The molecule has 0 bridgehead atoms. The molecule has 0 spiro atoms. The number of aromatic nitrogens is 2. The second-order valence-electron chi connectivity index (χ2n) is 8.77. The number of methoxy groups -OCH3 is 1. The SMILES string of the molecule is COc1ccc(CCC(=O)N2CCCN(C(=O)c3c(C)nn(Cc4ccccc4)c3Cl)CC2)cc1. The molecule has 1 aliphatic rings. The Hall–Kier alpha value is -3.32. The predicted octanol–water partition coefficient (Wildman–Crippen LogP) is 4.21. The minimum absolute atomic E-state index is 0.111. The van der Waals surface area contributed by atoms with Crippen molar-refractivity contribution in [3.05, 3.63) is 82.1 Å². The molecule has 1 fully saturated rings. The summed E-state index contributed by atoms with van der Waals surface area (Å²) in [5.41, 5.74) is 3.23. The van der Waals surface area contributed by atoms with Crippen molar-refractivity contribution < 1.29 is 14.3 Å². The van der Waals surface area contributed by atoms with Gasteiger partial charge in [-0.1, -0.05) is 54.1 Å². The van der Waals surface area contributed by atoms with Crippen LogP contribution in [0.4, 0.5) is 0 Å². The standard InChI is InChI=1S/C27H31ClN4O3/c1-20-25(26(28)32(29-20)19-22-7-4-3-5-8-22)27(34)31-16-6-15-30(17-18-31)24(33)14-11-21-9-12-23(35-2)13-10-21/h3-5,7-10,12-13H,6,11,14-19H2,1-2H3. The van der Waals surface area contributed by atoms with Gasteiger partial charge in [0, 0.05) is 32.6 Å². The molecule has 2 aromatic carbocycles. The van der Waals surface area contributed by atoms with Gasteiger partial charge in [0.1, 0.15) is 10.9 Å². The zero-order valence-corrected chi connectivity index (χ0v) is 21.0. The summed E-state index contributed by atoms with van der Waals surface area (Å²) in [4.78, 5) is 29.9. The largest absolute Gasteiger partial charge is 0.497 e. The lowest BCUT2D eigenvalue weighted by Gasteiger charge is -2.22. The molecular formula is C27H31ClN4O3. The van der Waals surface area contributed by atoms with Crippen molar-refractivity contribution in [2.75, 3.05) is 33.3 Å². The number of carbonyl (C=O) groups is 2. The van der Waals surface area contributed by atoms with Crippen LogP contribution in [0.25, 0.3) is 0 Å². The molecule has 0 saturated carbocycles. The van der Waals surface area contributed by atoms with Crippen molar-refractivity contribution in [2.24, 2.45) is 0 Å². The van der Waals surface area contributed by atoms with Gasteiger partial charge in [-0.15, -0.1) is 0 Å². The second-order valence-corrected chi connectivity index (χ2v) is 9.13. The lowest BCUT2D eigenvalue weighted by molar-refractivity contribution is -0.131. The van der Waals surface area contributed by atoms with Crippen molar-refractivity contribution in [3.8, 4) is 5.75 Å². The third-order valence-corrected chi connectivity index (χ3v) is 6.76. The quantitative estimate of drug-likeness (QED) is 0.493. The summed E-state index contributed by atoms with van der Waals surface area (Å²) in [5.74, 6) is 0.789. The summed E-state index contributed by atoms with van der Waals surface area (Å²) in [6.45, 7) is 4.54. The minimum Gasteiger partial charge on any atom is -0.497 e. The summed E-state index contributed by atoms with van der Waals surface area (Å²) < 4.78 is 6.86. The number of amides is 2. The highest BCUT2D eigenvalue weighted by Gasteiger charge is 2.27. The first-order valence-corrected chi connectivity index (χ1v) is 12.3. The Labute approximate surface area is 211 Å². The van der Waals surface area contributed by atoms with Crippen molar-refractivity contribution in [1.82, 2.24) is 19.6 Å². The van der Waals surface area contributed by atoms with Gasteiger partial charge in [0.15, 0.2) is 0 Å². The maximum Gasteiger partial charge on any atom is 0.258 e. The van der Waals surface area contributed by atoms with Crippen LogP contribution in [-0.4, -0.2) is 64.7 Å². The van der Waals surface area contributed by atoms with Gasteiger partial charge in [0.05, 0.1) is 24.9 Å². The minimum atomic E-state index is -0.126. The first-order chi connectivity index (χ1) is 17.0. The zero-order chi connectivity index (χ0) is 24.8. The maximum atomic E-state index is 13.4. The Bertz CT molecular complexity index is 1160. The number of halogens is 1. The van der Waals surface area contributed by atoms with E-state index in [1.165, 1.54) is 0 Å². The molecule has 1 aromatic heterocycles. The monoisotopic (exact) mass is 494 g/mol. The molecule has 2 heterocycles. The van der Waals surface area contributed by atoms with Crippen LogP contribution < -0.4 is 4.74 Å². The molecular weight excluding hydrogens is 464 g/mol. The van der Waals surface area contributed by atoms with Crippen LogP contribution in [0.2, 0.25) is 5.15 Å². The smallest absolute Gasteiger partial charge is 0.258 e. The number of rotatable bonds is 7. The topological polar surface area (TPSA) is 67.7 Å². The van der Waals surface area contributed by atoms with Crippen LogP contribution in [-0.2, 0) is 17.8 Å². The number of hydrogen-bond donors (Lipinski definition) is 0. The second kappa shape index (κ2) is 11.4. The molecule has 0 aliphatic carbocycles. The third kappa shape index (κ3) is 6.03. The normalized spacial score (nSPS) is 14.0. The Balaban J connectivity index is 1.35. The molecule has 0 unspecified atom stereocenters. The maximum absolute atomic E-state index is 13.4. The molecule has 1 saturated heterocycles. The van der Waals surface area contributed by atoms with Crippen LogP contribution in [0.15, 0.2) is 54.6 Å². The van der Waals surface area contributed by atoms with E-state index in [2.05, 4.69) is 5.10 Å². The molecule has 35 heavy (non-hydrogen) atoms. The summed E-state index contributed by atoms with van der Waals surface area (Å²) in [6, 6.07) is 17.7. The molecule has 3 aromatic rings. The first kappa shape index (κ1) is 24.8. The number of ether oxygens (including phenoxy) is 1. The Morgan fingerprint density at radius 3 is 2.34 bits per heavy atom. The summed E-state index contributed by atoms with van der Waals surface area (Å²) in [7, 11) is 1.64.